The molecule has 0 spiro atoms. The smallest absolute Gasteiger partial charge is 0.229 e. The van der Waals surface area contributed by atoms with Crippen LogP contribution in [0.15, 0.2) is 47.5 Å². The standard InChI is InChI=1S/C26H30ClN5O4S/c1-4-13-37(34,35)23-11-7-6-10-19(23)29-25-18(27)16-28-26(31-25)30-20-14-17-9-8-12-24(33)32(5-2)21(17)15-22(20)36-3/h6-7,10-11,14-16H,4-5,8-9,12-13H2,1-3H3,(H2,28,29,30,31). The molecule has 0 aliphatic carbocycles. The molecule has 37 heavy (non-hydrogen) atoms. The SMILES string of the molecule is CCCS(=O)(=O)c1ccccc1Nc1nc(Nc2cc3c(cc2OC)N(CC)C(=O)CCC3)ncc1Cl. The topological polar surface area (TPSA) is 114 Å². The van der Waals surface area contributed by atoms with Crippen LogP contribution < -0.4 is 20.3 Å². The second-order valence-corrected chi connectivity index (χ2v) is 11.1. The minimum atomic E-state index is -3.47. The number of aromatic nitrogens is 2. The maximum atomic E-state index is 12.8. The first-order chi connectivity index (χ1) is 17.8. The highest BCUT2D eigenvalue weighted by molar-refractivity contribution is 7.91. The third kappa shape index (κ3) is 5.80. The molecule has 9 nitrogen and oxygen atoms in total. The van der Waals surface area contributed by atoms with E-state index in [-0.39, 0.29) is 33.3 Å². The van der Waals surface area contributed by atoms with E-state index in [0.29, 0.717) is 36.5 Å². The molecule has 0 bridgehead atoms. The molecule has 0 radical (unpaired) electrons. The van der Waals surface area contributed by atoms with Crippen LogP contribution in [-0.2, 0) is 21.1 Å². The van der Waals surface area contributed by atoms with Crippen molar-refractivity contribution in [1.82, 2.24) is 9.97 Å². The lowest BCUT2D eigenvalue weighted by atomic mass is 10.1. The first-order valence-corrected chi connectivity index (χ1v) is 14.2. The summed E-state index contributed by atoms with van der Waals surface area (Å²) < 4.78 is 31.1. The first kappa shape index (κ1) is 26.7. The number of benzene rings is 2. The summed E-state index contributed by atoms with van der Waals surface area (Å²) in [5.41, 5.74) is 2.90. The monoisotopic (exact) mass is 543 g/mol. The van der Waals surface area contributed by atoms with E-state index >= 15 is 0 Å². The van der Waals surface area contributed by atoms with Crippen LogP contribution in [0.3, 0.4) is 0 Å². The molecule has 2 heterocycles. The number of halogens is 1. The van der Waals surface area contributed by atoms with Gasteiger partial charge in [0, 0.05) is 19.0 Å². The summed E-state index contributed by atoms with van der Waals surface area (Å²) in [5.74, 6) is 1.18. The number of aryl methyl sites for hydroxylation is 1. The van der Waals surface area contributed by atoms with Crippen molar-refractivity contribution in [3.8, 4) is 5.75 Å². The minimum absolute atomic E-state index is 0.0369. The van der Waals surface area contributed by atoms with Crippen LogP contribution in [-0.4, -0.2) is 43.7 Å². The number of rotatable bonds is 9. The molecule has 0 saturated carbocycles. The van der Waals surface area contributed by atoms with Gasteiger partial charge in [-0.3, -0.25) is 4.79 Å². The van der Waals surface area contributed by atoms with Crippen molar-refractivity contribution in [2.45, 2.75) is 44.4 Å². The van der Waals surface area contributed by atoms with Gasteiger partial charge in [-0.25, -0.2) is 13.4 Å². The zero-order valence-corrected chi connectivity index (χ0v) is 22.6. The fraction of sp³-hybridized carbons (Fsp3) is 0.346. The summed E-state index contributed by atoms with van der Waals surface area (Å²) >= 11 is 6.37. The molecule has 1 aliphatic heterocycles. The van der Waals surface area contributed by atoms with Gasteiger partial charge in [0.2, 0.25) is 11.9 Å². The van der Waals surface area contributed by atoms with Gasteiger partial charge in [0.05, 0.1) is 41.0 Å². The van der Waals surface area contributed by atoms with E-state index < -0.39 is 9.84 Å². The highest BCUT2D eigenvalue weighted by Crippen LogP contribution is 2.38. The van der Waals surface area contributed by atoms with Crippen LogP contribution >= 0.6 is 11.6 Å². The van der Waals surface area contributed by atoms with Crippen LogP contribution in [0.2, 0.25) is 5.02 Å². The highest BCUT2D eigenvalue weighted by Gasteiger charge is 2.24. The molecule has 2 aromatic carbocycles. The first-order valence-electron chi connectivity index (χ1n) is 12.2. The number of fused-ring (bicyclic) bond motifs is 1. The second kappa shape index (κ2) is 11.4. The molecule has 11 heteroatoms. The summed E-state index contributed by atoms with van der Waals surface area (Å²) in [4.78, 5) is 23.3. The summed E-state index contributed by atoms with van der Waals surface area (Å²) in [7, 11) is -1.91. The van der Waals surface area contributed by atoms with Crippen molar-refractivity contribution in [3.63, 3.8) is 0 Å². The number of hydrogen-bond donors (Lipinski definition) is 2. The normalized spacial score (nSPS) is 13.6. The Morgan fingerprint density at radius 2 is 1.89 bits per heavy atom. The van der Waals surface area contributed by atoms with Gasteiger partial charge in [-0.1, -0.05) is 30.7 Å². The van der Waals surface area contributed by atoms with E-state index in [0.717, 1.165) is 24.1 Å². The number of sulfone groups is 1. The zero-order chi connectivity index (χ0) is 26.6. The van der Waals surface area contributed by atoms with E-state index in [4.69, 9.17) is 16.3 Å². The lowest BCUT2D eigenvalue weighted by Crippen LogP contribution is -2.29. The van der Waals surface area contributed by atoms with E-state index in [1.807, 2.05) is 26.0 Å². The van der Waals surface area contributed by atoms with Crippen molar-refractivity contribution in [1.29, 1.82) is 0 Å². The Labute approximate surface area is 222 Å². The number of hydrogen-bond acceptors (Lipinski definition) is 8. The third-order valence-electron chi connectivity index (χ3n) is 6.08. The van der Waals surface area contributed by atoms with Crippen molar-refractivity contribution in [2.24, 2.45) is 0 Å². The van der Waals surface area contributed by atoms with Gasteiger partial charge >= 0.3 is 0 Å². The maximum Gasteiger partial charge on any atom is 0.229 e. The molecule has 4 rings (SSSR count). The summed E-state index contributed by atoms with van der Waals surface area (Å²) in [6.07, 6.45) is 3.97. The number of carbonyl (C=O) groups is 1. The number of nitrogens with one attached hydrogen (secondary N) is 2. The molecule has 0 fully saturated rings. The van der Waals surface area contributed by atoms with E-state index in [1.54, 1.807) is 36.3 Å². The molecule has 196 valence electrons. The average Bonchev–Trinajstić information content (AvgIpc) is 3.02. The molecule has 1 amide bonds. The Bertz CT molecular complexity index is 1410. The largest absolute Gasteiger partial charge is 0.494 e. The number of anilines is 5. The fourth-order valence-corrected chi connectivity index (χ4v) is 6.00. The number of amides is 1. The summed E-state index contributed by atoms with van der Waals surface area (Å²) in [6, 6.07) is 10.5. The maximum absolute atomic E-state index is 12.8. The number of para-hydroxylation sites is 1. The minimum Gasteiger partial charge on any atom is -0.494 e. The zero-order valence-electron chi connectivity index (χ0n) is 21.0. The quantitative estimate of drug-likeness (QED) is 0.364. The third-order valence-corrected chi connectivity index (χ3v) is 8.33. The Kier molecular flexibility index (Phi) is 8.19. The predicted molar refractivity (Wildman–Crippen MR) is 146 cm³/mol. The van der Waals surface area contributed by atoms with Crippen molar-refractivity contribution >= 4 is 56.2 Å². The van der Waals surface area contributed by atoms with Gasteiger partial charge in [0.25, 0.3) is 0 Å². The number of nitrogens with zero attached hydrogens (tertiary/aromatic N) is 3. The molecule has 0 unspecified atom stereocenters. The number of methoxy groups -OCH3 is 1. The fourth-order valence-electron chi connectivity index (χ4n) is 4.36. The molecule has 3 aromatic rings. The van der Waals surface area contributed by atoms with Gasteiger partial charge in [-0.15, -0.1) is 0 Å². The van der Waals surface area contributed by atoms with E-state index in [2.05, 4.69) is 20.6 Å². The molecular weight excluding hydrogens is 514 g/mol. The van der Waals surface area contributed by atoms with Crippen LogP contribution in [0.25, 0.3) is 0 Å². The Morgan fingerprint density at radius 3 is 2.62 bits per heavy atom. The number of carbonyl (C=O) groups excluding carboxylic acids is 1. The molecule has 0 saturated heterocycles. The van der Waals surface area contributed by atoms with Crippen molar-refractivity contribution < 1.29 is 17.9 Å². The molecule has 1 aliphatic rings. The summed E-state index contributed by atoms with van der Waals surface area (Å²) in [6.45, 7) is 4.35. The van der Waals surface area contributed by atoms with Crippen molar-refractivity contribution in [2.75, 3.05) is 34.9 Å². The van der Waals surface area contributed by atoms with Gasteiger partial charge in [0.15, 0.2) is 15.7 Å². The van der Waals surface area contributed by atoms with Gasteiger partial charge in [0.1, 0.15) is 10.8 Å². The van der Waals surface area contributed by atoms with Gasteiger partial charge < -0.3 is 20.3 Å². The molecule has 1 aromatic heterocycles. The highest BCUT2D eigenvalue weighted by atomic mass is 35.5. The lowest BCUT2D eigenvalue weighted by molar-refractivity contribution is -0.118. The molecule has 2 N–H and O–H groups in total. The Hall–Kier alpha value is -3.37. The van der Waals surface area contributed by atoms with E-state index in [9.17, 15) is 13.2 Å². The predicted octanol–water partition coefficient (Wildman–Crippen LogP) is 5.50. The van der Waals surface area contributed by atoms with Gasteiger partial charge in [-0.05, 0) is 49.9 Å². The van der Waals surface area contributed by atoms with Crippen molar-refractivity contribution in [3.05, 3.63) is 53.2 Å². The lowest BCUT2D eigenvalue weighted by Gasteiger charge is -2.23. The number of ether oxygens (including phenoxy) is 1. The van der Waals surface area contributed by atoms with Crippen LogP contribution in [0, 0.1) is 0 Å². The summed E-state index contributed by atoms with van der Waals surface area (Å²) in [5, 5.41) is 6.48. The Balaban J connectivity index is 1.67. The van der Waals surface area contributed by atoms with Crippen LogP contribution in [0.4, 0.5) is 28.8 Å². The molecule has 0 atom stereocenters. The van der Waals surface area contributed by atoms with Gasteiger partial charge in [-0.2, -0.15) is 4.98 Å². The Morgan fingerprint density at radius 1 is 1.11 bits per heavy atom. The van der Waals surface area contributed by atoms with E-state index in [1.165, 1.54) is 6.20 Å². The van der Waals surface area contributed by atoms with Crippen LogP contribution in [0.1, 0.15) is 38.7 Å². The second-order valence-electron chi connectivity index (χ2n) is 8.63. The van der Waals surface area contributed by atoms with Crippen LogP contribution in [0.5, 0.6) is 5.75 Å². The molecular formula is C26H30ClN5O4S. The average molecular weight is 544 g/mol.